The number of aromatic nitrogens is 3. The number of ether oxygens (including phenoxy) is 1. The van der Waals surface area contributed by atoms with E-state index in [1.165, 1.54) is 6.07 Å². The lowest BCUT2D eigenvalue weighted by Gasteiger charge is -2.42. The van der Waals surface area contributed by atoms with Crippen LogP contribution < -0.4 is 10.2 Å². The average Bonchev–Trinajstić information content (AvgIpc) is 3.62. The van der Waals surface area contributed by atoms with Gasteiger partial charge in [0.05, 0.1) is 59.3 Å². The molecule has 326 valence electrons. The van der Waals surface area contributed by atoms with Gasteiger partial charge in [0.25, 0.3) is 5.91 Å². The molecule has 2 aliphatic carbocycles. The average molecular weight is 863 g/mol. The number of carbonyl (C=O) groups is 4. The number of benzene rings is 1. The van der Waals surface area contributed by atoms with E-state index < -0.39 is 34.8 Å². The summed E-state index contributed by atoms with van der Waals surface area (Å²) in [6, 6.07) is 8.05. The number of nitrogens with zero attached hydrogens (tertiary/aromatic N) is 7. The maximum absolute atomic E-state index is 13.7. The van der Waals surface area contributed by atoms with E-state index in [1.54, 1.807) is 25.6 Å². The predicted octanol–water partition coefficient (Wildman–Crippen LogP) is 7.21. The Labute approximate surface area is 358 Å². The number of likely N-dealkylation sites (tertiary alicyclic amines) is 1. The summed E-state index contributed by atoms with van der Waals surface area (Å²) >= 11 is 5.74. The monoisotopic (exact) mass is 862 g/mol. The van der Waals surface area contributed by atoms with E-state index in [-0.39, 0.29) is 65.5 Å². The normalized spacial score (nSPS) is 26.3. The molecule has 0 spiro atoms. The molecule has 1 N–H and O–H groups in total. The van der Waals surface area contributed by atoms with Crippen LogP contribution in [0.2, 0.25) is 0 Å². The van der Waals surface area contributed by atoms with Crippen LogP contribution in [0.4, 0.5) is 24.5 Å². The molecule has 2 saturated heterocycles. The first kappa shape index (κ1) is 44.3. The molecule has 61 heavy (non-hydrogen) atoms. The Morgan fingerprint density at radius 1 is 1.08 bits per heavy atom. The van der Waals surface area contributed by atoms with Crippen molar-refractivity contribution in [2.24, 2.45) is 13.0 Å². The fraction of sp³-hybridized carbons (Fsp3) is 0.591. The Bertz CT molecular complexity index is 2250. The van der Waals surface area contributed by atoms with E-state index >= 15 is 0 Å². The van der Waals surface area contributed by atoms with Gasteiger partial charge in [-0.3, -0.25) is 33.7 Å². The maximum Gasteiger partial charge on any atom is 0.419 e. The number of anilines is 2. The van der Waals surface area contributed by atoms with E-state index in [4.69, 9.17) is 17.0 Å². The number of aryl methyl sites for hydroxylation is 1. The Hall–Kier alpha value is -4.79. The number of amides is 2. The van der Waals surface area contributed by atoms with Crippen LogP contribution in [-0.2, 0) is 37.1 Å². The van der Waals surface area contributed by atoms with E-state index in [1.807, 2.05) is 23.1 Å². The number of hydrogen-bond acceptors (Lipinski definition) is 10. The number of para-hydroxylation sites is 1. The second-order valence-electron chi connectivity index (χ2n) is 17.7. The number of piperidine rings is 1. The topological polar surface area (TPSA) is 154 Å². The Morgan fingerprint density at radius 2 is 1.79 bits per heavy atom. The van der Waals surface area contributed by atoms with Gasteiger partial charge in [-0.1, -0.05) is 12.1 Å². The Morgan fingerprint density at radius 3 is 2.44 bits per heavy atom. The maximum atomic E-state index is 13.7. The van der Waals surface area contributed by atoms with E-state index in [0.29, 0.717) is 36.7 Å². The van der Waals surface area contributed by atoms with Gasteiger partial charge in [-0.15, -0.1) is 0 Å². The summed E-state index contributed by atoms with van der Waals surface area (Å²) < 4.78 is 49.3. The van der Waals surface area contributed by atoms with Crippen LogP contribution in [0.15, 0.2) is 30.5 Å². The van der Waals surface area contributed by atoms with Gasteiger partial charge in [-0.05, 0) is 116 Å². The van der Waals surface area contributed by atoms with Gasteiger partial charge in [-0.2, -0.15) is 23.5 Å². The van der Waals surface area contributed by atoms with Crippen molar-refractivity contribution >= 4 is 63.0 Å². The number of nitriles is 1. The highest BCUT2D eigenvalue weighted by molar-refractivity contribution is 7.80. The Balaban J connectivity index is 0.861. The zero-order valence-corrected chi connectivity index (χ0v) is 36.1. The highest BCUT2D eigenvalue weighted by Gasteiger charge is 2.53. The van der Waals surface area contributed by atoms with Crippen molar-refractivity contribution in [3.63, 3.8) is 0 Å². The molecule has 3 aromatic rings. The van der Waals surface area contributed by atoms with Crippen molar-refractivity contribution < 1.29 is 37.1 Å². The highest BCUT2D eigenvalue weighted by atomic mass is 32.1. The van der Waals surface area contributed by atoms with Gasteiger partial charge in [0.2, 0.25) is 5.91 Å². The van der Waals surface area contributed by atoms with Gasteiger partial charge >= 0.3 is 6.18 Å². The standard InChI is InChI=1S/C44H53F3N8O5S/c1-25-18-31(19-26(2)53(25)24-38(58)50-35-10-6-9-33-39(51-52(5)40(33)35)32-16-15-30(56)21-37(32)57)60-17-7-8-27-11-13-28(14-12-27)55-42(61)54(41(59)43(55,3)4)29-20-34(44(45,46)47)36(22-48)49-23-29/h6,9-10,20,23,25-28,31-32H,7-8,11-19,21,24H2,1-5H3,(H,50,58)/t25-,26+,27?,28?,31?,32?. The molecule has 4 atom stereocenters. The molecular formula is C44H53F3N8O5S. The van der Waals surface area contributed by atoms with Crippen molar-refractivity contribution in [2.45, 2.75) is 140 Å². The number of Topliss-reactive ketones (excluding diaryl/α,β-unsaturated/α-hetero) is 2. The molecule has 4 fully saturated rings. The molecule has 1 aromatic carbocycles. The number of rotatable bonds is 11. The number of ketones is 2. The Kier molecular flexibility index (Phi) is 12.7. The molecule has 2 aliphatic heterocycles. The first-order valence-electron chi connectivity index (χ1n) is 21.2. The molecule has 13 nitrogen and oxygen atoms in total. The van der Waals surface area contributed by atoms with Crippen LogP contribution in [-0.4, -0.2) is 96.0 Å². The minimum atomic E-state index is -4.82. The molecule has 17 heteroatoms. The summed E-state index contributed by atoms with van der Waals surface area (Å²) in [6.07, 6.45) is 4.05. The number of halogens is 3. The minimum absolute atomic E-state index is 0.0353. The summed E-state index contributed by atoms with van der Waals surface area (Å²) in [5.74, 6) is -0.663. The third kappa shape index (κ3) is 8.94. The van der Waals surface area contributed by atoms with Gasteiger partial charge in [0, 0.05) is 43.6 Å². The number of thiocarbonyl (C=S) groups is 1. The second kappa shape index (κ2) is 17.5. The van der Waals surface area contributed by atoms with Crippen molar-refractivity contribution in [3.8, 4) is 6.07 Å². The first-order valence-corrected chi connectivity index (χ1v) is 21.6. The lowest BCUT2D eigenvalue weighted by Crippen LogP contribution is -2.51. The second-order valence-corrected chi connectivity index (χ2v) is 18.1. The molecule has 0 radical (unpaired) electrons. The fourth-order valence-electron chi connectivity index (χ4n) is 10.1. The molecule has 0 bridgehead atoms. The number of carbonyl (C=O) groups excluding carboxylic acids is 4. The lowest BCUT2D eigenvalue weighted by molar-refractivity contribution is -0.138. The molecule has 4 heterocycles. The summed E-state index contributed by atoms with van der Waals surface area (Å²) in [5, 5.41) is 17.9. The molecule has 2 unspecified atom stereocenters. The molecular weight excluding hydrogens is 810 g/mol. The SMILES string of the molecule is C[C@@H]1CC(OCCCC2CCC(N3C(=S)N(c4cnc(C#N)c(C(F)(F)F)c4)C(=O)C3(C)C)CC2)C[C@H](C)N1CC(=O)Nc1cccc2c(C3CCC(=O)CC3=O)nn(C)c12. The van der Waals surface area contributed by atoms with Crippen LogP contribution in [0.25, 0.3) is 10.9 Å². The van der Waals surface area contributed by atoms with Crippen LogP contribution in [0.1, 0.15) is 121 Å². The number of alkyl halides is 3. The highest BCUT2D eigenvalue weighted by Crippen LogP contribution is 2.42. The third-order valence-electron chi connectivity index (χ3n) is 13.2. The molecule has 4 aliphatic rings. The van der Waals surface area contributed by atoms with Crippen molar-refractivity contribution in [1.82, 2.24) is 24.6 Å². The van der Waals surface area contributed by atoms with Crippen molar-refractivity contribution in [2.75, 3.05) is 23.4 Å². The summed E-state index contributed by atoms with van der Waals surface area (Å²) in [4.78, 5) is 60.6. The van der Waals surface area contributed by atoms with Gasteiger partial charge in [-0.25, -0.2) is 4.98 Å². The summed E-state index contributed by atoms with van der Waals surface area (Å²) in [7, 11) is 1.80. The van der Waals surface area contributed by atoms with Gasteiger partial charge in [0.1, 0.15) is 23.2 Å². The quantitative estimate of drug-likeness (QED) is 0.118. The summed E-state index contributed by atoms with van der Waals surface area (Å²) in [6.45, 7) is 8.58. The first-order chi connectivity index (χ1) is 28.9. The van der Waals surface area contributed by atoms with Crippen molar-refractivity contribution in [3.05, 3.63) is 47.4 Å². The van der Waals surface area contributed by atoms with E-state index in [0.717, 1.165) is 79.4 Å². The fourth-order valence-corrected chi connectivity index (χ4v) is 10.7. The van der Waals surface area contributed by atoms with Crippen LogP contribution in [0.3, 0.4) is 0 Å². The number of pyridine rings is 1. The van der Waals surface area contributed by atoms with Crippen LogP contribution >= 0.6 is 12.2 Å². The van der Waals surface area contributed by atoms with E-state index in [9.17, 15) is 37.6 Å². The zero-order chi connectivity index (χ0) is 44.0. The minimum Gasteiger partial charge on any atom is -0.378 e. The van der Waals surface area contributed by atoms with E-state index in [2.05, 4.69) is 34.1 Å². The molecule has 7 rings (SSSR count). The van der Waals surface area contributed by atoms with Crippen molar-refractivity contribution in [1.29, 1.82) is 5.26 Å². The number of hydrogen-bond donors (Lipinski definition) is 1. The number of fused-ring (bicyclic) bond motifs is 1. The van der Waals surface area contributed by atoms with Gasteiger partial charge < -0.3 is 15.0 Å². The zero-order valence-electron chi connectivity index (χ0n) is 35.3. The molecule has 2 amide bonds. The lowest BCUT2D eigenvalue weighted by atomic mass is 9.82. The largest absolute Gasteiger partial charge is 0.419 e. The molecule has 2 aromatic heterocycles. The third-order valence-corrected chi connectivity index (χ3v) is 13.6. The number of nitrogens with one attached hydrogen (secondary N) is 1. The van der Waals surface area contributed by atoms with Crippen LogP contribution in [0, 0.1) is 17.2 Å². The predicted molar refractivity (Wildman–Crippen MR) is 225 cm³/mol. The van der Waals surface area contributed by atoms with Crippen LogP contribution in [0.5, 0.6) is 0 Å². The summed E-state index contributed by atoms with van der Waals surface area (Å²) in [5.41, 5.74) is -1.11. The smallest absolute Gasteiger partial charge is 0.378 e. The van der Waals surface area contributed by atoms with Gasteiger partial charge in [0.15, 0.2) is 10.8 Å². The molecule has 2 saturated carbocycles.